The maximum atomic E-state index is 3.92. The van der Waals surface area contributed by atoms with Crippen LogP contribution in [-0.2, 0) is 0 Å². The van der Waals surface area contributed by atoms with Crippen LogP contribution in [0, 0.1) is 19.8 Å². The fraction of sp³-hybridized carbons (Fsp3) is 0.867. The van der Waals surface area contributed by atoms with Gasteiger partial charge < -0.3 is 0 Å². The van der Waals surface area contributed by atoms with Crippen molar-refractivity contribution in [2.24, 2.45) is 5.92 Å². The van der Waals surface area contributed by atoms with Crippen molar-refractivity contribution in [1.29, 1.82) is 0 Å². The van der Waals surface area contributed by atoms with Crippen molar-refractivity contribution in [3.8, 4) is 0 Å². The molecule has 0 saturated heterocycles. The topological polar surface area (TPSA) is 0 Å². The Hall–Kier alpha value is -0.260. The average molecular weight is 419 g/mol. The van der Waals surface area contributed by atoms with Crippen LogP contribution in [0.2, 0.25) is 0 Å². The van der Waals surface area contributed by atoms with Crippen molar-refractivity contribution in [3.63, 3.8) is 0 Å². The van der Waals surface area contributed by atoms with E-state index in [9.17, 15) is 0 Å². The molecular weight excluding hydrogens is 360 g/mol. The second kappa shape index (κ2) is 26.8. The predicted octanol–water partition coefficient (Wildman–Crippen LogP) is 11.2. The molecule has 0 amide bonds. The molecule has 0 heteroatoms. The first kappa shape index (κ1) is 29.7. The van der Waals surface area contributed by atoms with Gasteiger partial charge in [0.2, 0.25) is 0 Å². The number of hydrogen-bond acceptors (Lipinski definition) is 0. The van der Waals surface area contributed by atoms with Crippen LogP contribution in [0.1, 0.15) is 161 Å². The third kappa shape index (κ3) is 25.8. The smallest absolute Gasteiger partial charge is 0.0351 e. The maximum Gasteiger partial charge on any atom is -0.0351 e. The van der Waals surface area contributed by atoms with E-state index in [1.807, 2.05) is 0 Å². The van der Waals surface area contributed by atoms with E-state index < -0.39 is 0 Å². The average Bonchev–Trinajstić information content (AvgIpc) is 2.75. The molecule has 2 radical (unpaired) electrons. The highest BCUT2D eigenvalue weighted by molar-refractivity contribution is 4.81. The minimum atomic E-state index is 0.944. The summed E-state index contributed by atoms with van der Waals surface area (Å²) in [6.45, 7) is 10.3. The van der Waals surface area contributed by atoms with Gasteiger partial charge in [0, 0.05) is 0 Å². The predicted molar refractivity (Wildman–Crippen MR) is 140 cm³/mol. The van der Waals surface area contributed by atoms with Gasteiger partial charge in [-0.15, -0.1) is 0 Å². The molecule has 178 valence electrons. The fourth-order valence-electron chi connectivity index (χ4n) is 4.36. The van der Waals surface area contributed by atoms with Crippen LogP contribution in [0.4, 0.5) is 0 Å². The molecule has 0 aromatic carbocycles. The Morgan fingerprint density at radius 1 is 0.433 bits per heavy atom. The monoisotopic (exact) mass is 418 g/mol. The summed E-state index contributed by atoms with van der Waals surface area (Å²) < 4.78 is 0. The molecular formula is C30H58. The zero-order chi connectivity index (χ0) is 22.0. The molecule has 0 fully saturated rings. The van der Waals surface area contributed by atoms with Gasteiger partial charge in [-0.2, -0.15) is 0 Å². The molecule has 0 aromatic heterocycles. The first-order valence-electron chi connectivity index (χ1n) is 14.0. The van der Waals surface area contributed by atoms with Crippen molar-refractivity contribution >= 4 is 0 Å². The number of allylic oxidation sites excluding steroid dienone is 2. The Bertz CT molecular complexity index is 316. The number of unbranched alkanes of at least 4 members (excludes halogenated alkanes) is 19. The SMILES string of the molecule is [CH2]CCCCCCCCCCC=CCCCCCCCC(C)CCCCCCC[CH2]. The van der Waals surface area contributed by atoms with E-state index in [0.717, 1.165) is 18.8 Å². The van der Waals surface area contributed by atoms with Crippen LogP contribution in [0.15, 0.2) is 12.2 Å². The minimum absolute atomic E-state index is 0.944. The zero-order valence-corrected chi connectivity index (χ0v) is 21.1. The molecule has 0 aliphatic rings. The van der Waals surface area contributed by atoms with Crippen LogP contribution in [0.5, 0.6) is 0 Å². The molecule has 30 heavy (non-hydrogen) atoms. The summed E-state index contributed by atoms with van der Waals surface area (Å²) in [6.07, 6.45) is 38.1. The second-order valence-corrected chi connectivity index (χ2v) is 9.80. The van der Waals surface area contributed by atoms with Crippen LogP contribution in [0.25, 0.3) is 0 Å². The van der Waals surface area contributed by atoms with Crippen molar-refractivity contribution in [2.45, 2.75) is 161 Å². The Labute approximate surface area is 193 Å². The summed E-state index contributed by atoms with van der Waals surface area (Å²) in [5, 5.41) is 0. The molecule has 0 aromatic rings. The van der Waals surface area contributed by atoms with Gasteiger partial charge in [0.15, 0.2) is 0 Å². The molecule has 0 nitrogen and oxygen atoms in total. The molecule has 0 aliphatic carbocycles. The first-order chi connectivity index (χ1) is 14.8. The number of hydrogen-bond donors (Lipinski definition) is 0. The zero-order valence-electron chi connectivity index (χ0n) is 21.1. The lowest BCUT2D eigenvalue weighted by Gasteiger charge is -2.11. The van der Waals surface area contributed by atoms with E-state index in [1.165, 1.54) is 141 Å². The largest absolute Gasteiger partial charge is 0.0885 e. The standard InChI is InChI=1S/C30H58/c1-4-6-8-10-12-13-14-15-16-17-18-19-20-21-22-23-25-27-29-30(3)28-26-24-11-9-7-5-2/h18-19,30H,1-2,4-17,20-29H2,3H3. The second-order valence-electron chi connectivity index (χ2n) is 9.80. The van der Waals surface area contributed by atoms with Crippen molar-refractivity contribution in [3.05, 3.63) is 26.0 Å². The summed E-state index contributed by atoms with van der Waals surface area (Å²) in [7, 11) is 0. The van der Waals surface area contributed by atoms with Crippen molar-refractivity contribution < 1.29 is 0 Å². The minimum Gasteiger partial charge on any atom is -0.0885 e. The first-order valence-corrected chi connectivity index (χ1v) is 14.0. The molecule has 1 unspecified atom stereocenters. The van der Waals surface area contributed by atoms with Gasteiger partial charge >= 0.3 is 0 Å². The summed E-state index contributed by atoms with van der Waals surface area (Å²) in [5.41, 5.74) is 0. The van der Waals surface area contributed by atoms with E-state index >= 15 is 0 Å². The highest BCUT2D eigenvalue weighted by atomic mass is 14.1. The van der Waals surface area contributed by atoms with E-state index in [4.69, 9.17) is 0 Å². The Kier molecular flexibility index (Phi) is 26.5. The lowest BCUT2D eigenvalue weighted by Crippen LogP contribution is -1.95. The van der Waals surface area contributed by atoms with Gasteiger partial charge in [-0.25, -0.2) is 0 Å². The van der Waals surface area contributed by atoms with E-state index in [1.54, 1.807) is 0 Å². The van der Waals surface area contributed by atoms with Crippen LogP contribution in [0.3, 0.4) is 0 Å². The Morgan fingerprint density at radius 3 is 1.10 bits per heavy atom. The third-order valence-corrected chi connectivity index (χ3v) is 6.55. The van der Waals surface area contributed by atoms with Gasteiger partial charge in [0.25, 0.3) is 0 Å². The molecule has 0 aliphatic heterocycles. The maximum absolute atomic E-state index is 3.92. The van der Waals surface area contributed by atoms with E-state index in [0.29, 0.717) is 0 Å². The molecule has 0 saturated carbocycles. The fourth-order valence-corrected chi connectivity index (χ4v) is 4.36. The third-order valence-electron chi connectivity index (χ3n) is 6.55. The summed E-state index contributed by atoms with van der Waals surface area (Å²) in [5.74, 6) is 0.944. The Morgan fingerprint density at radius 2 is 0.733 bits per heavy atom. The van der Waals surface area contributed by atoms with Gasteiger partial charge in [0.1, 0.15) is 0 Å². The quantitative estimate of drug-likeness (QED) is 0.102. The van der Waals surface area contributed by atoms with Crippen LogP contribution in [-0.4, -0.2) is 0 Å². The van der Waals surface area contributed by atoms with E-state index in [2.05, 4.69) is 32.9 Å². The summed E-state index contributed by atoms with van der Waals surface area (Å²) in [6, 6.07) is 0. The van der Waals surface area contributed by atoms with E-state index in [-0.39, 0.29) is 0 Å². The lowest BCUT2D eigenvalue weighted by molar-refractivity contribution is 0.432. The molecule has 0 bridgehead atoms. The van der Waals surface area contributed by atoms with Gasteiger partial charge in [-0.1, -0.05) is 161 Å². The Balaban J connectivity index is 3.17. The summed E-state index contributed by atoms with van der Waals surface area (Å²) in [4.78, 5) is 0. The molecule has 0 rings (SSSR count). The highest BCUT2D eigenvalue weighted by Crippen LogP contribution is 2.18. The lowest BCUT2D eigenvalue weighted by atomic mass is 9.96. The number of rotatable bonds is 25. The van der Waals surface area contributed by atoms with Gasteiger partial charge in [-0.3, -0.25) is 0 Å². The normalized spacial score (nSPS) is 12.8. The molecule has 0 heterocycles. The molecule has 0 N–H and O–H groups in total. The van der Waals surface area contributed by atoms with Crippen molar-refractivity contribution in [1.82, 2.24) is 0 Å². The summed E-state index contributed by atoms with van der Waals surface area (Å²) >= 11 is 0. The highest BCUT2D eigenvalue weighted by Gasteiger charge is 2.02. The van der Waals surface area contributed by atoms with Gasteiger partial charge in [0.05, 0.1) is 0 Å². The molecule has 0 spiro atoms. The van der Waals surface area contributed by atoms with Crippen LogP contribution >= 0.6 is 0 Å². The van der Waals surface area contributed by atoms with Gasteiger partial charge in [-0.05, 0) is 31.6 Å². The molecule has 1 atom stereocenters. The van der Waals surface area contributed by atoms with Crippen LogP contribution < -0.4 is 0 Å². The van der Waals surface area contributed by atoms with Crippen molar-refractivity contribution in [2.75, 3.05) is 0 Å².